The summed E-state index contributed by atoms with van der Waals surface area (Å²) in [7, 11) is 2.20. The van der Waals surface area contributed by atoms with Gasteiger partial charge in [-0.15, -0.1) is 0 Å². The highest BCUT2D eigenvalue weighted by Gasteiger charge is 2.38. The van der Waals surface area contributed by atoms with Gasteiger partial charge >= 0.3 is 0 Å². The molecule has 0 bridgehead atoms. The zero-order chi connectivity index (χ0) is 5.56. The third-order valence-electron chi connectivity index (χ3n) is 2.36. The van der Waals surface area contributed by atoms with E-state index >= 15 is 0 Å². The first-order valence-electron chi connectivity index (χ1n) is 3.31. The fourth-order valence-corrected chi connectivity index (χ4v) is 1.78. The molecule has 0 aromatic rings. The lowest BCUT2D eigenvalue weighted by molar-refractivity contribution is 0.106. The molecule has 2 fully saturated rings. The van der Waals surface area contributed by atoms with Gasteiger partial charge in [0.1, 0.15) is 0 Å². The van der Waals surface area contributed by atoms with E-state index in [9.17, 15) is 0 Å². The van der Waals surface area contributed by atoms with Gasteiger partial charge < -0.3 is 10.2 Å². The lowest BCUT2D eigenvalue weighted by atomic mass is 10.00. The summed E-state index contributed by atoms with van der Waals surface area (Å²) in [6.45, 7) is 2.50. The molecule has 2 heteroatoms. The van der Waals surface area contributed by atoms with Gasteiger partial charge in [0, 0.05) is 18.6 Å². The molecule has 0 amide bonds. The molecule has 0 saturated carbocycles. The van der Waals surface area contributed by atoms with Crippen molar-refractivity contribution in [3.63, 3.8) is 0 Å². The summed E-state index contributed by atoms with van der Waals surface area (Å²) < 4.78 is 0. The maximum absolute atomic E-state index is 3.44. The van der Waals surface area contributed by atoms with Crippen molar-refractivity contribution >= 4 is 0 Å². The molecule has 2 aliphatic heterocycles. The molecular formula is C6H12N2. The molecule has 0 aliphatic carbocycles. The van der Waals surface area contributed by atoms with Gasteiger partial charge in [0.15, 0.2) is 0 Å². The Labute approximate surface area is 49.9 Å². The molecule has 1 unspecified atom stereocenters. The Morgan fingerprint density at radius 2 is 2.50 bits per heavy atom. The average molecular weight is 112 g/mol. The Balaban J connectivity index is 2.02. The summed E-state index contributed by atoms with van der Waals surface area (Å²) in [4.78, 5) is 2.42. The highest BCUT2D eigenvalue weighted by Crippen LogP contribution is 2.22. The largest absolute Gasteiger partial charge is 0.311 e. The van der Waals surface area contributed by atoms with Crippen LogP contribution in [0.4, 0.5) is 0 Å². The van der Waals surface area contributed by atoms with Crippen LogP contribution in [-0.2, 0) is 0 Å². The fraction of sp³-hybridized carbons (Fsp3) is 1.00. The summed E-state index contributed by atoms with van der Waals surface area (Å²) in [5.41, 5.74) is 0. The average Bonchev–Trinajstić information content (AvgIpc) is 2.09. The first-order valence-corrected chi connectivity index (χ1v) is 3.31. The highest BCUT2D eigenvalue weighted by molar-refractivity contribution is 4.99. The summed E-state index contributed by atoms with van der Waals surface area (Å²) in [5, 5.41) is 3.44. The molecule has 2 heterocycles. The number of nitrogens with zero attached hydrogens (tertiary/aromatic N) is 1. The predicted octanol–water partition coefficient (Wildman–Crippen LogP) is -0.338. The minimum Gasteiger partial charge on any atom is -0.311 e. The Hall–Kier alpha value is -0.0800. The first-order chi connectivity index (χ1) is 3.88. The topological polar surface area (TPSA) is 15.3 Å². The maximum Gasteiger partial charge on any atom is 0.0351 e. The highest BCUT2D eigenvalue weighted by atomic mass is 15.3. The molecule has 0 radical (unpaired) electrons. The molecule has 2 atom stereocenters. The zero-order valence-corrected chi connectivity index (χ0v) is 5.22. The van der Waals surface area contributed by atoms with Crippen LogP contribution in [-0.4, -0.2) is 37.1 Å². The van der Waals surface area contributed by atoms with Crippen LogP contribution in [0.1, 0.15) is 6.42 Å². The van der Waals surface area contributed by atoms with Gasteiger partial charge in [-0.3, -0.25) is 0 Å². The van der Waals surface area contributed by atoms with Gasteiger partial charge in [0.25, 0.3) is 0 Å². The molecule has 0 aromatic heterocycles. The van der Waals surface area contributed by atoms with Gasteiger partial charge in [-0.25, -0.2) is 0 Å². The van der Waals surface area contributed by atoms with Crippen LogP contribution >= 0.6 is 0 Å². The van der Waals surface area contributed by atoms with Crippen LogP contribution in [0.3, 0.4) is 0 Å². The molecule has 2 rings (SSSR count). The minimum atomic E-state index is 0.847. The number of hydrogen-bond donors (Lipinski definition) is 1. The van der Waals surface area contributed by atoms with Gasteiger partial charge in [0.05, 0.1) is 0 Å². The van der Waals surface area contributed by atoms with E-state index in [4.69, 9.17) is 0 Å². The van der Waals surface area contributed by atoms with Crippen LogP contribution in [0, 0.1) is 0 Å². The summed E-state index contributed by atoms with van der Waals surface area (Å²) >= 11 is 0. The third kappa shape index (κ3) is 0.446. The molecule has 0 spiro atoms. The van der Waals surface area contributed by atoms with Crippen molar-refractivity contribution in [1.29, 1.82) is 0 Å². The number of likely N-dealkylation sites (tertiary alicyclic amines) is 1. The van der Waals surface area contributed by atoms with Crippen molar-refractivity contribution < 1.29 is 0 Å². The number of hydrogen-bond acceptors (Lipinski definition) is 2. The van der Waals surface area contributed by atoms with Crippen molar-refractivity contribution in [2.24, 2.45) is 0 Å². The van der Waals surface area contributed by atoms with Crippen molar-refractivity contribution in [2.45, 2.75) is 18.5 Å². The van der Waals surface area contributed by atoms with E-state index in [1.54, 1.807) is 0 Å². The Morgan fingerprint density at radius 3 is 3.00 bits per heavy atom. The Morgan fingerprint density at radius 1 is 1.62 bits per heavy atom. The summed E-state index contributed by atoms with van der Waals surface area (Å²) in [6.07, 6.45) is 1.36. The molecule has 2 aliphatic rings. The molecule has 0 aromatic carbocycles. The first kappa shape index (κ1) is 4.77. The number of nitrogens with one attached hydrogen (secondary N) is 1. The second-order valence-electron chi connectivity index (χ2n) is 2.86. The lowest BCUT2D eigenvalue weighted by Gasteiger charge is -2.41. The van der Waals surface area contributed by atoms with Gasteiger partial charge in [-0.05, 0) is 20.0 Å². The van der Waals surface area contributed by atoms with E-state index < -0.39 is 0 Å². The van der Waals surface area contributed by atoms with Crippen molar-refractivity contribution in [3.05, 3.63) is 0 Å². The van der Waals surface area contributed by atoms with Crippen LogP contribution in [0.5, 0.6) is 0 Å². The van der Waals surface area contributed by atoms with Crippen molar-refractivity contribution in [3.8, 4) is 0 Å². The molecule has 8 heavy (non-hydrogen) atoms. The predicted molar refractivity (Wildman–Crippen MR) is 32.8 cm³/mol. The molecule has 1 N–H and O–H groups in total. The Kier molecular flexibility index (Phi) is 0.866. The SMILES string of the molecule is CN1C[C@@H]2NCCC21. The second-order valence-corrected chi connectivity index (χ2v) is 2.86. The lowest BCUT2D eigenvalue weighted by Crippen LogP contribution is -2.58. The Bertz CT molecular complexity index is 103. The van der Waals surface area contributed by atoms with E-state index in [0.29, 0.717) is 0 Å². The zero-order valence-electron chi connectivity index (χ0n) is 5.22. The van der Waals surface area contributed by atoms with Crippen LogP contribution in [0.2, 0.25) is 0 Å². The normalized spacial score (nSPS) is 46.1. The third-order valence-corrected chi connectivity index (χ3v) is 2.36. The molecule has 2 saturated heterocycles. The summed E-state index contributed by atoms with van der Waals surface area (Å²) in [5.74, 6) is 0. The van der Waals surface area contributed by atoms with Crippen LogP contribution < -0.4 is 5.32 Å². The smallest absolute Gasteiger partial charge is 0.0351 e. The van der Waals surface area contributed by atoms with Crippen LogP contribution in [0.25, 0.3) is 0 Å². The number of fused-ring (bicyclic) bond motifs is 1. The van der Waals surface area contributed by atoms with E-state index in [0.717, 1.165) is 12.1 Å². The van der Waals surface area contributed by atoms with Gasteiger partial charge in [-0.2, -0.15) is 0 Å². The van der Waals surface area contributed by atoms with E-state index in [1.165, 1.54) is 19.5 Å². The molecule has 2 nitrogen and oxygen atoms in total. The maximum atomic E-state index is 3.44. The monoisotopic (exact) mass is 112 g/mol. The van der Waals surface area contributed by atoms with E-state index in [-0.39, 0.29) is 0 Å². The van der Waals surface area contributed by atoms with E-state index in [1.807, 2.05) is 0 Å². The fourth-order valence-electron chi connectivity index (χ4n) is 1.78. The standard InChI is InChI=1S/C6H12N2/c1-8-4-5-6(8)2-3-7-5/h5-7H,2-4H2,1H3/t5-,6?/m0/s1. The molecule has 46 valence electrons. The van der Waals surface area contributed by atoms with Crippen LogP contribution in [0.15, 0.2) is 0 Å². The summed E-state index contributed by atoms with van der Waals surface area (Å²) in [6, 6.07) is 1.73. The number of rotatable bonds is 0. The quantitative estimate of drug-likeness (QED) is 0.461. The van der Waals surface area contributed by atoms with Gasteiger partial charge in [0.2, 0.25) is 0 Å². The molecular weight excluding hydrogens is 100 g/mol. The minimum absolute atomic E-state index is 0.847. The van der Waals surface area contributed by atoms with Crippen molar-refractivity contribution in [2.75, 3.05) is 20.1 Å². The number of likely N-dealkylation sites (N-methyl/N-ethyl adjacent to an activating group) is 1. The second kappa shape index (κ2) is 1.45. The van der Waals surface area contributed by atoms with Crippen molar-refractivity contribution in [1.82, 2.24) is 10.2 Å². The van der Waals surface area contributed by atoms with E-state index in [2.05, 4.69) is 17.3 Å². The van der Waals surface area contributed by atoms with Gasteiger partial charge in [-0.1, -0.05) is 0 Å².